The highest BCUT2D eigenvalue weighted by Gasteiger charge is 2.46. The van der Waals surface area contributed by atoms with Crippen LogP contribution in [0, 0.1) is 30.1 Å². The van der Waals surface area contributed by atoms with E-state index >= 15 is 0 Å². The van der Waals surface area contributed by atoms with Crippen molar-refractivity contribution in [2.45, 2.75) is 105 Å². The van der Waals surface area contributed by atoms with Gasteiger partial charge in [-0.05, 0) is 51.2 Å². The molecule has 0 spiro atoms. The van der Waals surface area contributed by atoms with Gasteiger partial charge in [0.1, 0.15) is 11.9 Å². The van der Waals surface area contributed by atoms with Crippen LogP contribution in [0.5, 0.6) is 0 Å². The molecule has 3 heterocycles. The summed E-state index contributed by atoms with van der Waals surface area (Å²) in [6, 6.07) is 0. The van der Waals surface area contributed by atoms with Crippen molar-refractivity contribution in [1.29, 1.82) is 0 Å². The second kappa shape index (κ2) is 11.2. The van der Waals surface area contributed by atoms with E-state index in [1.54, 1.807) is 39.0 Å². The van der Waals surface area contributed by atoms with Crippen molar-refractivity contribution in [2.24, 2.45) is 23.2 Å². The summed E-state index contributed by atoms with van der Waals surface area (Å²) in [7, 11) is 0. The number of fused-ring (bicyclic) bond motifs is 1. The van der Waals surface area contributed by atoms with Gasteiger partial charge in [0.25, 0.3) is 0 Å². The Labute approximate surface area is 212 Å². The van der Waals surface area contributed by atoms with Crippen molar-refractivity contribution in [3.63, 3.8) is 0 Å². The molecule has 0 aliphatic carbocycles. The fourth-order valence-corrected chi connectivity index (χ4v) is 5.71. The molecule has 2 aliphatic rings. The molecular formula is C27H41NO6S. The molecule has 196 valence electrons. The van der Waals surface area contributed by atoms with E-state index < -0.39 is 41.5 Å². The largest absolute Gasteiger partial charge is 0.457 e. The summed E-state index contributed by atoms with van der Waals surface area (Å²) in [5.41, 5.74) is 0.461. The number of aliphatic hydroxyl groups is 2. The number of cyclic esters (lactones) is 1. The number of hydrogen-bond donors (Lipinski definition) is 2. The maximum absolute atomic E-state index is 13.3. The Morgan fingerprint density at radius 3 is 2.46 bits per heavy atom. The number of nitrogens with zero attached hydrogens (tertiary/aromatic N) is 1. The Hall–Kier alpha value is -1.61. The smallest absolute Gasteiger partial charge is 0.311 e. The lowest BCUT2D eigenvalue weighted by atomic mass is 9.71. The Morgan fingerprint density at radius 2 is 1.83 bits per heavy atom. The zero-order valence-corrected chi connectivity index (χ0v) is 22.8. The van der Waals surface area contributed by atoms with Gasteiger partial charge in [-0.3, -0.25) is 9.59 Å². The molecule has 0 radical (unpaired) electrons. The van der Waals surface area contributed by atoms with E-state index in [4.69, 9.17) is 9.47 Å². The van der Waals surface area contributed by atoms with Gasteiger partial charge in [-0.1, -0.05) is 34.1 Å². The van der Waals surface area contributed by atoms with Crippen LogP contribution in [0.25, 0.3) is 6.08 Å². The average molecular weight is 508 g/mol. The number of carbonyl (C=O) groups excluding carboxylic acids is 2. The van der Waals surface area contributed by atoms with E-state index in [0.717, 1.165) is 35.5 Å². The SMILES string of the molecule is C/C(=C\c1csc(C)n1)[C@H]1C[C@@H]2O[C@H]2CCC[C@@H](C)[C@@H](O)[C@H](C)C(=O)C(C)(C)[C@H](O)C(C)C(=O)O1. The first-order chi connectivity index (χ1) is 16.3. The fourth-order valence-electron chi connectivity index (χ4n) is 5.14. The van der Waals surface area contributed by atoms with Gasteiger partial charge in [0.2, 0.25) is 0 Å². The Morgan fingerprint density at radius 1 is 1.14 bits per heavy atom. The van der Waals surface area contributed by atoms with Gasteiger partial charge in [-0.2, -0.15) is 0 Å². The normalized spacial score (nSPS) is 37.5. The van der Waals surface area contributed by atoms with Crippen molar-refractivity contribution in [3.05, 3.63) is 21.7 Å². The number of thiazole rings is 1. The standard InChI is InChI=1S/C27H41NO6S/c1-14-9-8-10-20-22(33-20)12-21(15(2)11-19-13-35-18(5)28-19)34-26(32)17(4)25(31)27(6,7)24(30)16(3)23(14)29/h11,13-14,16-17,20-23,25,29,31H,8-10,12H2,1-7H3/b15-11+/t14-,16+,17?,20+,21-,22+,23-,25-/m1/s1. The van der Waals surface area contributed by atoms with Crippen molar-refractivity contribution in [3.8, 4) is 0 Å². The molecule has 8 atom stereocenters. The van der Waals surface area contributed by atoms with E-state index in [1.165, 1.54) is 0 Å². The van der Waals surface area contributed by atoms with Crippen LogP contribution in [0.4, 0.5) is 0 Å². The molecule has 2 saturated heterocycles. The van der Waals surface area contributed by atoms with E-state index in [1.807, 2.05) is 32.2 Å². The maximum atomic E-state index is 13.3. The predicted molar refractivity (Wildman–Crippen MR) is 136 cm³/mol. The summed E-state index contributed by atoms with van der Waals surface area (Å²) >= 11 is 1.56. The Kier molecular flexibility index (Phi) is 8.95. The molecule has 0 saturated carbocycles. The van der Waals surface area contributed by atoms with E-state index in [9.17, 15) is 19.8 Å². The molecule has 7 nitrogen and oxygen atoms in total. The third-order valence-electron chi connectivity index (χ3n) is 7.79. The van der Waals surface area contributed by atoms with Crippen molar-refractivity contribution < 1.29 is 29.3 Å². The van der Waals surface area contributed by atoms with Crippen molar-refractivity contribution >= 4 is 29.2 Å². The molecule has 3 rings (SSSR count). The predicted octanol–water partition coefficient (Wildman–Crippen LogP) is 4.33. The van der Waals surface area contributed by atoms with Gasteiger partial charge in [0.15, 0.2) is 0 Å². The lowest BCUT2D eigenvalue weighted by Gasteiger charge is -2.36. The van der Waals surface area contributed by atoms with Gasteiger partial charge in [-0.25, -0.2) is 4.98 Å². The molecule has 8 heteroatoms. The summed E-state index contributed by atoms with van der Waals surface area (Å²) in [6.45, 7) is 12.4. The first kappa shape index (κ1) is 28.0. The molecule has 1 unspecified atom stereocenters. The second-order valence-corrected chi connectivity index (χ2v) is 12.1. The second-order valence-electron chi connectivity index (χ2n) is 11.1. The monoisotopic (exact) mass is 507 g/mol. The molecule has 2 fully saturated rings. The highest BCUT2D eigenvalue weighted by Crippen LogP contribution is 2.37. The first-order valence-corrected chi connectivity index (χ1v) is 13.6. The van der Waals surface area contributed by atoms with E-state index in [0.29, 0.717) is 6.42 Å². The van der Waals surface area contributed by atoms with Crippen LogP contribution < -0.4 is 0 Å². The van der Waals surface area contributed by atoms with Gasteiger partial charge in [0, 0.05) is 17.7 Å². The van der Waals surface area contributed by atoms with Crippen LogP contribution in [0.3, 0.4) is 0 Å². The number of aliphatic hydroxyl groups excluding tert-OH is 2. The summed E-state index contributed by atoms with van der Waals surface area (Å²) in [5.74, 6) is -2.45. The Balaban J connectivity index is 1.87. The van der Waals surface area contributed by atoms with Crippen LogP contribution in [-0.4, -0.2) is 57.5 Å². The minimum absolute atomic E-state index is 0.00127. The van der Waals surface area contributed by atoms with Crippen LogP contribution in [0.15, 0.2) is 11.0 Å². The summed E-state index contributed by atoms with van der Waals surface area (Å²) in [6.07, 6.45) is 2.50. The highest BCUT2D eigenvalue weighted by molar-refractivity contribution is 7.09. The minimum Gasteiger partial charge on any atom is -0.457 e. The fraction of sp³-hybridized carbons (Fsp3) is 0.741. The quantitative estimate of drug-likeness (QED) is 0.453. The topological polar surface area (TPSA) is 109 Å². The van der Waals surface area contributed by atoms with Gasteiger partial charge >= 0.3 is 5.97 Å². The molecule has 0 amide bonds. The number of esters is 1. The molecular weight excluding hydrogens is 466 g/mol. The number of hydrogen-bond acceptors (Lipinski definition) is 8. The van der Waals surface area contributed by atoms with Gasteiger partial charge in [0.05, 0.1) is 46.5 Å². The van der Waals surface area contributed by atoms with Gasteiger partial charge in [-0.15, -0.1) is 11.3 Å². The number of ketones is 1. The molecule has 1 aromatic heterocycles. The lowest BCUT2D eigenvalue weighted by Crippen LogP contribution is -2.49. The zero-order valence-electron chi connectivity index (χ0n) is 22.0. The maximum Gasteiger partial charge on any atom is 0.311 e. The van der Waals surface area contributed by atoms with Crippen LogP contribution in [-0.2, 0) is 19.1 Å². The number of rotatable bonds is 2. The zero-order chi connectivity index (χ0) is 26.1. The Bertz CT molecular complexity index is 940. The number of aryl methyl sites for hydroxylation is 1. The average Bonchev–Trinajstić information content (AvgIpc) is 3.42. The number of aromatic nitrogens is 1. The third-order valence-corrected chi connectivity index (χ3v) is 8.58. The molecule has 35 heavy (non-hydrogen) atoms. The van der Waals surface area contributed by atoms with Crippen LogP contribution in [0.1, 0.15) is 77.9 Å². The number of epoxide rings is 1. The summed E-state index contributed by atoms with van der Waals surface area (Å²) in [4.78, 5) is 31.0. The highest BCUT2D eigenvalue weighted by atomic mass is 32.1. The first-order valence-electron chi connectivity index (χ1n) is 12.7. The van der Waals surface area contributed by atoms with Crippen molar-refractivity contribution in [2.75, 3.05) is 0 Å². The number of ether oxygens (including phenoxy) is 2. The number of carbonyl (C=O) groups is 2. The van der Waals surface area contributed by atoms with Crippen LogP contribution >= 0.6 is 11.3 Å². The number of Topliss-reactive ketones (excluding diaryl/α,β-unsaturated/α-hetero) is 1. The molecule has 2 aliphatic heterocycles. The summed E-state index contributed by atoms with van der Waals surface area (Å²) < 4.78 is 11.8. The van der Waals surface area contributed by atoms with Gasteiger partial charge < -0.3 is 19.7 Å². The summed E-state index contributed by atoms with van der Waals surface area (Å²) in [5, 5.41) is 24.8. The third kappa shape index (κ3) is 6.59. The van der Waals surface area contributed by atoms with E-state index in [-0.39, 0.29) is 23.9 Å². The molecule has 0 bridgehead atoms. The lowest BCUT2D eigenvalue weighted by molar-refractivity contribution is -0.162. The molecule has 1 aromatic rings. The molecule has 2 N–H and O–H groups in total. The van der Waals surface area contributed by atoms with Crippen LogP contribution in [0.2, 0.25) is 0 Å². The van der Waals surface area contributed by atoms with E-state index in [2.05, 4.69) is 4.98 Å². The minimum atomic E-state index is -1.25. The molecule has 0 aromatic carbocycles. The van der Waals surface area contributed by atoms with Crippen molar-refractivity contribution in [1.82, 2.24) is 4.98 Å².